The van der Waals surface area contributed by atoms with E-state index in [-0.39, 0.29) is 24.3 Å². The van der Waals surface area contributed by atoms with E-state index in [2.05, 4.69) is 17.2 Å². The molecule has 0 saturated heterocycles. The molecule has 0 radical (unpaired) electrons. The molecule has 0 aliphatic heterocycles. The SMILES string of the molecule is C=CCc1ccc(OCC(=O)Nc2ccc(NC(=O)C3CC3)cc2)c(OC)c1. The number of hydrogen-bond acceptors (Lipinski definition) is 4. The van der Waals surface area contributed by atoms with Gasteiger partial charge in [-0.1, -0.05) is 12.1 Å². The maximum absolute atomic E-state index is 12.2. The number of rotatable bonds is 9. The fraction of sp³-hybridized carbons (Fsp3) is 0.273. The fourth-order valence-corrected chi connectivity index (χ4v) is 2.69. The van der Waals surface area contributed by atoms with Crippen LogP contribution < -0.4 is 20.1 Å². The van der Waals surface area contributed by atoms with Crippen molar-refractivity contribution < 1.29 is 19.1 Å². The van der Waals surface area contributed by atoms with E-state index in [1.54, 1.807) is 37.4 Å². The van der Waals surface area contributed by atoms with E-state index in [9.17, 15) is 9.59 Å². The molecule has 0 heterocycles. The number of benzene rings is 2. The lowest BCUT2D eigenvalue weighted by Gasteiger charge is -2.12. The molecule has 2 amide bonds. The molecular formula is C22H24N2O4. The Hall–Kier alpha value is -3.28. The highest BCUT2D eigenvalue weighted by molar-refractivity contribution is 5.95. The first-order chi connectivity index (χ1) is 13.6. The first-order valence-electron chi connectivity index (χ1n) is 9.20. The van der Waals surface area contributed by atoms with Crippen LogP contribution in [0.15, 0.2) is 55.1 Å². The Bertz CT molecular complexity index is 857. The van der Waals surface area contributed by atoms with Gasteiger partial charge in [-0.05, 0) is 61.2 Å². The quantitative estimate of drug-likeness (QED) is 0.649. The van der Waals surface area contributed by atoms with Crippen LogP contribution in [0.4, 0.5) is 11.4 Å². The molecule has 3 rings (SSSR count). The minimum Gasteiger partial charge on any atom is -0.493 e. The molecule has 6 nitrogen and oxygen atoms in total. The molecule has 6 heteroatoms. The van der Waals surface area contributed by atoms with Crippen molar-refractivity contribution in [3.63, 3.8) is 0 Å². The maximum atomic E-state index is 12.2. The van der Waals surface area contributed by atoms with Gasteiger partial charge in [-0.3, -0.25) is 9.59 Å². The Morgan fingerprint density at radius 2 is 1.75 bits per heavy atom. The van der Waals surface area contributed by atoms with E-state index in [4.69, 9.17) is 9.47 Å². The Kier molecular flexibility index (Phi) is 6.32. The second kappa shape index (κ2) is 9.08. The van der Waals surface area contributed by atoms with E-state index in [0.29, 0.717) is 17.2 Å². The zero-order valence-corrected chi connectivity index (χ0v) is 15.9. The Morgan fingerprint density at radius 3 is 2.36 bits per heavy atom. The van der Waals surface area contributed by atoms with E-state index >= 15 is 0 Å². The van der Waals surface area contributed by atoms with Gasteiger partial charge in [0.05, 0.1) is 7.11 Å². The summed E-state index contributed by atoms with van der Waals surface area (Å²) in [4.78, 5) is 23.9. The highest BCUT2D eigenvalue weighted by Crippen LogP contribution is 2.30. The van der Waals surface area contributed by atoms with Gasteiger partial charge in [0.25, 0.3) is 5.91 Å². The third-order valence-corrected chi connectivity index (χ3v) is 4.35. The number of anilines is 2. The molecule has 0 bridgehead atoms. The van der Waals surface area contributed by atoms with Crippen LogP contribution in [0.5, 0.6) is 11.5 Å². The molecule has 1 aliphatic carbocycles. The van der Waals surface area contributed by atoms with Gasteiger partial charge in [-0.25, -0.2) is 0 Å². The van der Waals surface area contributed by atoms with Crippen molar-refractivity contribution in [2.24, 2.45) is 5.92 Å². The summed E-state index contributed by atoms with van der Waals surface area (Å²) >= 11 is 0. The van der Waals surface area contributed by atoms with Crippen LogP contribution in [0.2, 0.25) is 0 Å². The minimum absolute atomic E-state index is 0.0539. The third-order valence-electron chi connectivity index (χ3n) is 4.35. The summed E-state index contributed by atoms with van der Waals surface area (Å²) in [5.74, 6) is 0.996. The van der Waals surface area contributed by atoms with Crippen molar-refractivity contribution >= 4 is 23.2 Å². The van der Waals surface area contributed by atoms with Crippen molar-refractivity contribution in [2.45, 2.75) is 19.3 Å². The van der Waals surface area contributed by atoms with Gasteiger partial charge in [0, 0.05) is 17.3 Å². The average molecular weight is 380 g/mol. The number of nitrogens with one attached hydrogen (secondary N) is 2. The highest BCUT2D eigenvalue weighted by Gasteiger charge is 2.29. The molecule has 146 valence electrons. The number of methoxy groups -OCH3 is 1. The summed E-state index contributed by atoms with van der Waals surface area (Å²) < 4.78 is 10.9. The van der Waals surface area contributed by atoms with Crippen LogP contribution in [-0.2, 0) is 16.0 Å². The molecule has 28 heavy (non-hydrogen) atoms. The molecule has 0 spiro atoms. The van der Waals surface area contributed by atoms with Gasteiger partial charge >= 0.3 is 0 Å². The van der Waals surface area contributed by atoms with Gasteiger partial charge in [0.15, 0.2) is 18.1 Å². The number of ether oxygens (including phenoxy) is 2. The van der Waals surface area contributed by atoms with Crippen LogP contribution in [-0.4, -0.2) is 25.5 Å². The van der Waals surface area contributed by atoms with E-state index in [0.717, 1.165) is 30.5 Å². The number of carbonyl (C=O) groups is 2. The molecular weight excluding hydrogens is 356 g/mol. The lowest BCUT2D eigenvalue weighted by atomic mass is 10.1. The Balaban J connectivity index is 1.51. The van der Waals surface area contributed by atoms with E-state index in [1.807, 2.05) is 18.2 Å². The fourth-order valence-electron chi connectivity index (χ4n) is 2.69. The van der Waals surface area contributed by atoms with Crippen molar-refractivity contribution in [1.82, 2.24) is 0 Å². The van der Waals surface area contributed by atoms with Crippen LogP contribution >= 0.6 is 0 Å². The van der Waals surface area contributed by atoms with E-state index in [1.165, 1.54) is 0 Å². The molecule has 1 aliphatic rings. The van der Waals surface area contributed by atoms with Crippen LogP contribution in [0.1, 0.15) is 18.4 Å². The molecule has 2 N–H and O–H groups in total. The highest BCUT2D eigenvalue weighted by atomic mass is 16.5. The number of carbonyl (C=O) groups excluding carboxylic acids is 2. The van der Waals surface area contributed by atoms with E-state index < -0.39 is 0 Å². The molecule has 2 aromatic carbocycles. The first kappa shape index (κ1) is 19.5. The topological polar surface area (TPSA) is 76.7 Å². The molecule has 0 unspecified atom stereocenters. The van der Waals surface area contributed by atoms with Gasteiger partial charge < -0.3 is 20.1 Å². The lowest BCUT2D eigenvalue weighted by Crippen LogP contribution is -2.20. The molecule has 0 atom stereocenters. The van der Waals surface area contributed by atoms with Gasteiger partial charge in [0.1, 0.15) is 0 Å². The first-order valence-corrected chi connectivity index (χ1v) is 9.20. The second-order valence-electron chi connectivity index (χ2n) is 6.66. The zero-order chi connectivity index (χ0) is 19.9. The third kappa shape index (κ3) is 5.36. The molecule has 2 aromatic rings. The summed E-state index contributed by atoms with van der Waals surface area (Å²) in [6.07, 6.45) is 4.46. The predicted molar refractivity (Wildman–Crippen MR) is 109 cm³/mol. The molecule has 1 fully saturated rings. The number of allylic oxidation sites excluding steroid dienone is 1. The standard InChI is InChI=1S/C22H24N2O4/c1-3-4-15-5-12-19(20(13-15)27-2)28-14-21(25)23-17-8-10-18(11-9-17)24-22(26)16-6-7-16/h3,5,8-13,16H,1,4,6-7,14H2,2H3,(H,23,25)(H,24,26). The average Bonchev–Trinajstić information content (AvgIpc) is 3.54. The smallest absolute Gasteiger partial charge is 0.262 e. The lowest BCUT2D eigenvalue weighted by molar-refractivity contribution is -0.118. The minimum atomic E-state index is -0.285. The normalized spacial score (nSPS) is 12.8. The van der Waals surface area contributed by atoms with Crippen molar-refractivity contribution in [3.8, 4) is 11.5 Å². The summed E-state index contributed by atoms with van der Waals surface area (Å²) in [5.41, 5.74) is 2.40. The monoisotopic (exact) mass is 380 g/mol. The van der Waals surface area contributed by atoms with Crippen LogP contribution in [0, 0.1) is 5.92 Å². The van der Waals surface area contributed by atoms with Crippen molar-refractivity contribution in [3.05, 3.63) is 60.7 Å². The zero-order valence-electron chi connectivity index (χ0n) is 15.9. The van der Waals surface area contributed by atoms with Crippen molar-refractivity contribution in [2.75, 3.05) is 24.4 Å². The Labute approximate surface area is 164 Å². The predicted octanol–water partition coefficient (Wildman–Crippen LogP) is 3.79. The Morgan fingerprint density at radius 1 is 1.07 bits per heavy atom. The summed E-state index contributed by atoms with van der Waals surface area (Å²) in [7, 11) is 1.56. The second-order valence-corrected chi connectivity index (χ2v) is 6.66. The maximum Gasteiger partial charge on any atom is 0.262 e. The summed E-state index contributed by atoms with van der Waals surface area (Å²) in [5, 5.41) is 5.63. The van der Waals surface area contributed by atoms with Crippen LogP contribution in [0.25, 0.3) is 0 Å². The van der Waals surface area contributed by atoms with Gasteiger partial charge in [0.2, 0.25) is 5.91 Å². The van der Waals surface area contributed by atoms with Gasteiger partial charge in [-0.2, -0.15) is 0 Å². The van der Waals surface area contributed by atoms with Crippen LogP contribution in [0.3, 0.4) is 0 Å². The molecule has 1 saturated carbocycles. The summed E-state index contributed by atoms with van der Waals surface area (Å²) in [6, 6.07) is 12.6. The summed E-state index contributed by atoms with van der Waals surface area (Å²) in [6.45, 7) is 3.58. The van der Waals surface area contributed by atoms with Crippen molar-refractivity contribution in [1.29, 1.82) is 0 Å². The molecule has 0 aromatic heterocycles. The largest absolute Gasteiger partial charge is 0.493 e. The number of hydrogen-bond donors (Lipinski definition) is 2. The number of amides is 2. The van der Waals surface area contributed by atoms with Gasteiger partial charge in [-0.15, -0.1) is 6.58 Å².